The van der Waals surface area contributed by atoms with E-state index in [1.807, 2.05) is 25.1 Å². The summed E-state index contributed by atoms with van der Waals surface area (Å²) in [5, 5.41) is 19.7. The molecule has 0 aromatic heterocycles. The Hall–Kier alpha value is -1.90. The number of nitrogens with zero attached hydrogens (tertiary/aromatic N) is 2. The Balaban J connectivity index is 2.29. The molecular weight excluding hydrogens is 232 g/mol. The van der Waals surface area contributed by atoms with E-state index in [2.05, 4.69) is 0 Å². The first-order valence-electron chi connectivity index (χ1n) is 5.71. The number of benzene rings is 1. The van der Waals surface area contributed by atoms with E-state index in [1.165, 1.54) is 0 Å². The molecule has 0 saturated carbocycles. The van der Waals surface area contributed by atoms with E-state index < -0.39 is 17.6 Å². The SMILES string of the molecule is CCOC(=O)C1(C#N)C(c2ccc(C)cc2)N1O. The molecule has 3 atom stereocenters. The largest absolute Gasteiger partial charge is 0.464 e. The van der Waals surface area contributed by atoms with Crippen molar-refractivity contribution in [1.29, 1.82) is 5.26 Å². The van der Waals surface area contributed by atoms with Crippen molar-refractivity contribution in [2.75, 3.05) is 6.61 Å². The Morgan fingerprint density at radius 3 is 2.67 bits per heavy atom. The molecule has 1 aromatic rings. The van der Waals surface area contributed by atoms with Crippen LogP contribution >= 0.6 is 0 Å². The molecular formula is C13H14N2O3. The zero-order valence-electron chi connectivity index (χ0n) is 10.3. The van der Waals surface area contributed by atoms with Gasteiger partial charge in [-0.05, 0) is 19.4 Å². The van der Waals surface area contributed by atoms with Gasteiger partial charge in [-0.25, -0.2) is 4.79 Å². The van der Waals surface area contributed by atoms with Crippen LogP contribution in [-0.2, 0) is 9.53 Å². The molecule has 94 valence electrons. The first-order valence-corrected chi connectivity index (χ1v) is 5.71. The molecule has 1 aromatic carbocycles. The zero-order chi connectivity index (χ0) is 13.3. The van der Waals surface area contributed by atoms with Crippen molar-refractivity contribution in [3.8, 4) is 6.07 Å². The van der Waals surface area contributed by atoms with Crippen molar-refractivity contribution in [2.24, 2.45) is 0 Å². The fraction of sp³-hybridized carbons (Fsp3) is 0.385. The molecule has 3 unspecified atom stereocenters. The highest BCUT2D eigenvalue weighted by molar-refractivity contribution is 5.89. The molecule has 2 rings (SSSR count). The summed E-state index contributed by atoms with van der Waals surface area (Å²) < 4.78 is 4.84. The van der Waals surface area contributed by atoms with Gasteiger partial charge in [0.1, 0.15) is 12.1 Å². The predicted octanol–water partition coefficient (Wildman–Crippen LogP) is 1.57. The van der Waals surface area contributed by atoms with E-state index >= 15 is 0 Å². The van der Waals surface area contributed by atoms with Crippen molar-refractivity contribution in [3.05, 3.63) is 35.4 Å². The van der Waals surface area contributed by atoms with Gasteiger partial charge in [0.05, 0.1) is 6.61 Å². The normalized spacial score (nSPS) is 29.4. The first-order chi connectivity index (χ1) is 8.57. The summed E-state index contributed by atoms with van der Waals surface area (Å²) in [5.74, 6) is -0.708. The molecule has 0 radical (unpaired) electrons. The Bertz CT molecular complexity index is 506. The number of ether oxygens (including phenoxy) is 1. The van der Waals surface area contributed by atoms with Crippen molar-refractivity contribution in [3.63, 3.8) is 0 Å². The number of hydroxylamine groups is 2. The second kappa shape index (κ2) is 4.41. The molecule has 18 heavy (non-hydrogen) atoms. The van der Waals surface area contributed by atoms with E-state index in [0.29, 0.717) is 0 Å². The average molecular weight is 246 g/mol. The Morgan fingerprint density at radius 2 is 2.17 bits per heavy atom. The minimum atomic E-state index is -1.59. The minimum absolute atomic E-state index is 0.177. The second-order valence-corrected chi connectivity index (χ2v) is 4.26. The van der Waals surface area contributed by atoms with Crippen molar-refractivity contribution in [2.45, 2.75) is 25.4 Å². The second-order valence-electron chi connectivity index (χ2n) is 4.26. The third kappa shape index (κ3) is 1.67. The molecule has 1 aliphatic rings. The van der Waals surface area contributed by atoms with Gasteiger partial charge in [-0.15, -0.1) is 5.06 Å². The number of hydrogen-bond acceptors (Lipinski definition) is 5. The zero-order valence-corrected chi connectivity index (χ0v) is 10.3. The van der Waals surface area contributed by atoms with Gasteiger partial charge in [-0.1, -0.05) is 29.8 Å². The van der Waals surface area contributed by atoms with Crippen molar-refractivity contribution < 1.29 is 14.7 Å². The molecule has 1 heterocycles. The van der Waals surface area contributed by atoms with Crippen LogP contribution in [-0.4, -0.2) is 28.4 Å². The Morgan fingerprint density at radius 1 is 1.56 bits per heavy atom. The summed E-state index contributed by atoms with van der Waals surface area (Å²) in [5.41, 5.74) is 0.200. The van der Waals surface area contributed by atoms with E-state index in [4.69, 9.17) is 10.00 Å². The topological polar surface area (TPSA) is 73.3 Å². The van der Waals surface area contributed by atoms with Gasteiger partial charge >= 0.3 is 5.97 Å². The number of aryl methyl sites for hydroxylation is 1. The molecule has 0 bridgehead atoms. The van der Waals surface area contributed by atoms with E-state index in [9.17, 15) is 10.0 Å². The van der Waals surface area contributed by atoms with Gasteiger partial charge in [0.15, 0.2) is 0 Å². The van der Waals surface area contributed by atoms with Crippen LogP contribution in [0.5, 0.6) is 0 Å². The maximum Gasteiger partial charge on any atom is 0.345 e. The fourth-order valence-electron chi connectivity index (χ4n) is 2.01. The summed E-state index contributed by atoms with van der Waals surface area (Å²) in [6.07, 6.45) is 0. The fourth-order valence-corrected chi connectivity index (χ4v) is 2.01. The Kier molecular flexibility index (Phi) is 3.07. The maximum absolute atomic E-state index is 11.8. The molecule has 1 saturated heterocycles. The minimum Gasteiger partial charge on any atom is -0.464 e. The summed E-state index contributed by atoms with van der Waals surface area (Å²) in [6.45, 7) is 3.78. The number of esters is 1. The van der Waals surface area contributed by atoms with Gasteiger partial charge in [0.25, 0.3) is 5.54 Å². The summed E-state index contributed by atoms with van der Waals surface area (Å²) in [6, 6.07) is 8.53. The van der Waals surface area contributed by atoms with Crippen LogP contribution in [0.4, 0.5) is 0 Å². The number of rotatable bonds is 3. The molecule has 1 fully saturated rings. The predicted molar refractivity (Wildman–Crippen MR) is 62.5 cm³/mol. The van der Waals surface area contributed by atoms with Crippen LogP contribution in [0.15, 0.2) is 24.3 Å². The first kappa shape index (κ1) is 12.6. The van der Waals surface area contributed by atoms with E-state index in [0.717, 1.165) is 16.2 Å². The van der Waals surface area contributed by atoms with E-state index in [-0.39, 0.29) is 6.61 Å². The third-order valence-electron chi connectivity index (χ3n) is 3.08. The summed E-state index contributed by atoms with van der Waals surface area (Å²) in [7, 11) is 0. The van der Waals surface area contributed by atoms with Crippen LogP contribution in [0, 0.1) is 18.3 Å². The van der Waals surface area contributed by atoms with Crippen LogP contribution in [0.1, 0.15) is 24.1 Å². The highest BCUT2D eigenvalue weighted by Gasteiger charge is 2.71. The molecule has 1 N–H and O–H groups in total. The van der Waals surface area contributed by atoms with Crippen LogP contribution in [0.2, 0.25) is 0 Å². The molecule has 0 aliphatic carbocycles. The molecule has 5 nitrogen and oxygen atoms in total. The number of carbonyl (C=O) groups excluding carboxylic acids is 1. The lowest BCUT2D eigenvalue weighted by atomic mass is 10.00. The van der Waals surface area contributed by atoms with Gasteiger partial charge < -0.3 is 9.94 Å². The summed E-state index contributed by atoms with van der Waals surface area (Å²) in [4.78, 5) is 11.8. The molecule has 1 aliphatic heterocycles. The van der Waals surface area contributed by atoms with Crippen LogP contribution in [0.3, 0.4) is 0 Å². The quantitative estimate of drug-likeness (QED) is 0.647. The van der Waals surface area contributed by atoms with Crippen molar-refractivity contribution >= 4 is 5.97 Å². The van der Waals surface area contributed by atoms with Gasteiger partial charge in [-0.2, -0.15) is 5.26 Å². The third-order valence-corrected chi connectivity index (χ3v) is 3.08. The number of carbonyl (C=O) groups is 1. The molecule has 0 spiro atoms. The number of hydrogen-bond donors (Lipinski definition) is 1. The van der Waals surface area contributed by atoms with E-state index in [1.54, 1.807) is 19.1 Å². The standard InChI is InChI=1S/C13H14N2O3/c1-3-18-12(16)13(8-14)11(15(13)17)10-6-4-9(2)5-7-10/h4-7,11,17H,3H2,1-2H3. The molecule has 5 heteroatoms. The maximum atomic E-state index is 11.8. The van der Waals surface area contributed by atoms with Gasteiger partial charge in [0, 0.05) is 0 Å². The highest BCUT2D eigenvalue weighted by Crippen LogP contribution is 2.51. The van der Waals surface area contributed by atoms with Crippen LogP contribution in [0.25, 0.3) is 0 Å². The lowest BCUT2D eigenvalue weighted by Gasteiger charge is -2.05. The monoisotopic (exact) mass is 246 g/mol. The lowest BCUT2D eigenvalue weighted by molar-refractivity contribution is -0.149. The Labute approximate surface area is 105 Å². The summed E-state index contributed by atoms with van der Waals surface area (Å²) >= 11 is 0. The average Bonchev–Trinajstić information content (AvgIpc) is 2.97. The van der Waals surface area contributed by atoms with Gasteiger partial charge in [-0.3, -0.25) is 0 Å². The number of nitriles is 1. The highest BCUT2D eigenvalue weighted by atomic mass is 16.6. The van der Waals surface area contributed by atoms with Gasteiger partial charge in [0.2, 0.25) is 0 Å². The smallest absolute Gasteiger partial charge is 0.345 e. The molecule has 0 amide bonds. The lowest BCUT2D eigenvalue weighted by Crippen LogP contribution is -2.29. The van der Waals surface area contributed by atoms with Crippen LogP contribution < -0.4 is 0 Å². The van der Waals surface area contributed by atoms with Crippen molar-refractivity contribution in [1.82, 2.24) is 5.06 Å².